The second-order valence-electron chi connectivity index (χ2n) is 6.86. The molecule has 144 valence electrons. The van der Waals surface area contributed by atoms with E-state index in [9.17, 15) is 9.70 Å². The maximum atomic E-state index is 12.0. The normalized spacial score (nSPS) is 13.1. The Labute approximate surface area is 180 Å². The van der Waals surface area contributed by atoms with Gasteiger partial charge in [0.2, 0.25) is 0 Å². The summed E-state index contributed by atoms with van der Waals surface area (Å²) in [5.74, 6) is 0.00742. The van der Waals surface area contributed by atoms with E-state index in [0.717, 1.165) is 15.6 Å². The number of aryl methyl sites for hydroxylation is 2. The van der Waals surface area contributed by atoms with Gasteiger partial charge in [0, 0.05) is 23.6 Å². The van der Waals surface area contributed by atoms with Gasteiger partial charge in [-0.2, -0.15) is 4.91 Å². The largest absolute Gasteiger partial charge is 0.317 e. The fourth-order valence-corrected chi connectivity index (χ4v) is 4.27. The fourth-order valence-electron chi connectivity index (χ4n) is 3.46. The molecule has 0 aliphatic rings. The highest BCUT2D eigenvalue weighted by atomic mass is 79.9. The lowest BCUT2D eigenvalue weighted by atomic mass is 9.83. The summed E-state index contributed by atoms with van der Waals surface area (Å²) in [5, 5.41) is 3.41. The molecule has 0 aliphatic carbocycles. The predicted octanol–water partition coefficient (Wildman–Crippen LogP) is 6.25. The third kappa shape index (κ3) is 4.50. The van der Waals surface area contributed by atoms with Gasteiger partial charge in [0.1, 0.15) is 6.04 Å². The van der Waals surface area contributed by atoms with Crippen LogP contribution in [0.2, 0.25) is 0 Å². The van der Waals surface area contributed by atoms with Gasteiger partial charge in [-0.25, -0.2) is 0 Å². The van der Waals surface area contributed by atoms with Crippen molar-refractivity contribution in [2.75, 3.05) is 0 Å². The number of rotatable bonds is 6. The first-order valence-electron chi connectivity index (χ1n) is 8.90. The summed E-state index contributed by atoms with van der Waals surface area (Å²) in [5.41, 5.74) is 4.04. The van der Waals surface area contributed by atoms with E-state index >= 15 is 0 Å². The van der Waals surface area contributed by atoms with E-state index in [1.807, 2.05) is 24.3 Å². The average Bonchev–Trinajstić information content (AvgIpc) is 2.68. The molecule has 2 aromatic carbocycles. The molecule has 28 heavy (non-hydrogen) atoms. The van der Waals surface area contributed by atoms with E-state index < -0.39 is 6.04 Å². The monoisotopic (exact) mass is 502 g/mol. The number of aromatic nitrogens is 1. The third-order valence-electron chi connectivity index (χ3n) is 4.97. The Bertz CT molecular complexity index is 1020. The maximum Gasteiger partial charge on any atom is 0.264 e. The summed E-state index contributed by atoms with van der Waals surface area (Å²) in [6.45, 7) is 2.08. The lowest BCUT2D eigenvalue weighted by molar-refractivity contribution is 0.586. The molecular formula is C22H20Br2N2O2. The first kappa shape index (κ1) is 20.7. The molecule has 3 aromatic rings. The van der Waals surface area contributed by atoms with E-state index in [1.54, 1.807) is 19.3 Å². The Morgan fingerprint density at radius 2 is 1.71 bits per heavy atom. The first-order chi connectivity index (χ1) is 13.4. The molecular weight excluding hydrogens is 484 g/mol. The van der Waals surface area contributed by atoms with Crippen LogP contribution >= 0.6 is 31.9 Å². The molecule has 0 amide bonds. The molecule has 0 radical (unpaired) electrons. The third-order valence-corrected chi connectivity index (χ3v) is 6.06. The van der Waals surface area contributed by atoms with Gasteiger partial charge in [-0.3, -0.25) is 4.79 Å². The molecule has 0 bridgehead atoms. The molecule has 0 saturated heterocycles. The molecule has 1 heterocycles. The summed E-state index contributed by atoms with van der Waals surface area (Å²) in [7, 11) is 1.67. The summed E-state index contributed by atoms with van der Waals surface area (Å²) >= 11 is 6.77. The van der Waals surface area contributed by atoms with Gasteiger partial charge in [0.05, 0.1) is 4.47 Å². The summed E-state index contributed by atoms with van der Waals surface area (Å²) in [4.78, 5) is 23.8. The van der Waals surface area contributed by atoms with Gasteiger partial charge in [-0.05, 0) is 69.7 Å². The summed E-state index contributed by atoms with van der Waals surface area (Å²) in [6, 6.07) is 17.5. The molecule has 0 fully saturated rings. The zero-order chi connectivity index (χ0) is 20.3. The number of benzene rings is 2. The van der Waals surface area contributed by atoms with Crippen molar-refractivity contribution in [3.05, 3.63) is 107 Å². The van der Waals surface area contributed by atoms with Crippen LogP contribution in [-0.2, 0) is 7.05 Å². The lowest BCUT2D eigenvalue weighted by Gasteiger charge is -2.23. The number of hydrogen-bond acceptors (Lipinski definition) is 3. The van der Waals surface area contributed by atoms with E-state index in [0.29, 0.717) is 10.9 Å². The average molecular weight is 504 g/mol. The minimum absolute atomic E-state index is 0.00742. The van der Waals surface area contributed by atoms with Crippen molar-refractivity contribution < 1.29 is 0 Å². The first-order valence-corrected chi connectivity index (χ1v) is 10.5. The molecule has 1 aromatic heterocycles. The molecule has 2 unspecified atom stereocenters. The Hall–Kier alpha value is -2.05. The van der Waals surface area contributed by atoms with Gasteiger partial charge >= 0.3 is 0 Å². The smallest absolute Gasteiger partial charge is 0.264 e. The Balaban J connectivity index is 2.05. The minimum Gasteiger partial charge on any atom is -0.317 e. The van der Waals surface area contributed by atoms with Gasteiger partial charge < -0.3 is 4.57 Å². The van der Waals surface area contributed by atoms with Crippen LogP contribution in [0.25, 0.3) is 0 Å². The Morgan fingerprint density at radius 1 is 1.04 bits per heavy atom. The van der Waals surface area contributed by atoms with Crippen molar-refractivity contribution in [2.45, 2.75) is 25.3 Å². The van der Waals surface area contributed by atoms with Gasteiger partial charge in [0.15, 0.2) is 0 Å². The number of nitroso groups, excluding NO2 is 1. The second-order valence-corrected chi connectivity index (χ2v) is 8.63. The SMILES string of the molecule is Cc1ccccc1C(CC(N=O)c1cc(Br)c(=O)n(C)c1)c1ccc(Br)cc1. The molecule has 6 heteroatoms. The molecule has 4 nitrogen and oxygen atoms in total. The highest BCUT2D eigenvalue weighted by molar-refractivity contribution is 9.10. The van der Waals surface area contributed by atoms with Crippen LogP contribution in [-0.4, -0.2) is 4.57 Å². The summed E-state index contributed by atoms with van der Waals surface area (Å²) in [6.07, 6.45) is 2.20. The van der Waals surface area contributed by atoms with Crippen molar-refractivity contribution in [3.63, 3.8) is 0 Å². The van der Waals surface area contributed by atoms with E-state index in [-0.39, 0.29) is 11.5 Å². The quantitative estimate of drug-likeness (QED) is 0.373. The van der Waals surface area contributed by atoms with Crippen molar-refractivity contribution in [1.82, 2.24) is 4.57 Å². The summed E-state index contributed by atoms with van der Waals surface area (Å²) < 4.78 is 2.91. The topological polar surface area (TPSA) is 51.4 Å². The van der Waals surface area contributed by atoms with Crippen LogP contribution in [0.3, 0.4) is 0 Å². The maximum absolute atomic E-state index is 12.0. The molecule has 0 N–H and O–H groups in total. The minimum atomic E-state index is -0.573. The zero-order valence-electron chi connectivity index (χ0n) is 15.6. The van der Waals surface area contributed by atoms with Crippen LogP contribution < -0.4 is 5.56 Å². The number of halogens is 2. The molecule has 3 rings (SSSR count). The number of hydrogen-bond donors (Lipinski definition) is 0. The van der Waals surface area contributed by atoms with E-state index in [1.165, 1.54) is 15.7 Å². The molecule has 2 atom stereocenters. The van der Waals surface area contributed by atoms with Crippen LogP contribution in [0.4, 0.5) is 0 Å². The molecule has 0 saturated carbocycles. The Kier molecular flexibility index (Phi) is 6.62. The number of nitrogens with zero attached hydrogens (tertiary/aromatic N) is 2. The van der Waals surface area contributed by atoms with Crippen LogP contribution in [0.5, 0.6) is 0 Å². The molecule has 0 spiro atoms. The highest BCUT2D eigenvalue weighted by Gasteiger charge is 2.24. The lowest BCUT2D eigenvalue weighted by Crippen LogP contribution is -2.18. The van der Waals surface area contributed by atoms with Gasteiger partial charge in [-0.15, -0.1) is 0 Å². The predicted molar refractivity (Wildman–Crippen MR) is 120 cm³/mol. The van der Waals surface area contributed by atoms with E-state index in [2.05, 4.69) is 68.2 Å². The van der Waals surface area contributed by atoms with Gasteiger partial charge in [-0.1, -0.05) is 57.5 Å². The highest BCUT2D eigenvalue weighted by Crippen LogP contribution is 2.37. The van der Waals surface area contributed by atoms with Crippen LogP contribution in [0.1, 0.15) is 40.6 Å². The van der Waals surface area contributed by atoms with Crippen molar-refractivity contribution in [1.29, 1.82) is 0 Å². The van der Waals surface area contributed by atoms with E-state index in [4.69, 9.17) is 0 Å². The second kappa shape index (κ2) is 8.97. The standard InChI is InChI=1S/C22H20Br2N2O2/c1-14-5-3-4-6-18(14)19(15-7-9-17(23)10-8-15)12-21(25-28)16-11-20(24)22(27)26(2)13-16/h3-11,13,19,21H,12H2,1-2H3. The number of pyridine rings is 1. The zero-order valence-corrected chi connectivity index (χ0v) is 18.8. The van der Waals surface area contributed by atoms with Crippen molar-refractivity contribution in [3.8, 4) is 0 Å². The Morgan fingerprint density at radius 3 is 2.32 bits per heavy atom. The van der Waals surface area contributed by atoms with Gasteiger partial charge in [0.25, 0.3) is 5.56 Å². The van der Waals surface area contributed by atoms with Crippen LogP contribution in [0.15, 0.2) is 79.7 Å². The van der Waals surface area contributed by atoms with Crippen LogP contribution in [0, 0.1) is 11.8 Å². The van der Waals surface area contributed by atoms with Crippen molar-refractivity contribution >= 4 is 31.9 Å². The fraction of sp³-hybridized carbons (Fsp3) is 0.227. The van der Waals surface area contributed by atoms with Crippen molar-refractivity contribution in [2.24, 2.45) is 12.2 Å². The molecule has 0 aliphatic heterocycles.